The van der Waals surface area contributed by atoms with Crippen molar-refractivity contribution in [1.29, 1.82) is 5.26 Å². The molecule has 0 aliphatic carbocycles. The lowest BCUT2D eigenvalue weighted by Crippen LogP contribution is -1.99. The van der Waals surface area contributed by atoms with Crippen LogP contribution in [0.25, 0.3) is 5.57 Å². The standard InChI is InChI=1S/C18H16Cl2O2.C4H10.C3H5N/c1-3-13(10-21)15-9-14(8-7-12(15)2)22-11-16-17(19)5-4-6-18(16)20;1-4(2)3;1-2-3-4/h3-10H,11H2,1-2H3;4H,1-3H3;2H2,1H3/b13-3-;;. The van der Waals surface area contributed by atoms with Gasteiger partial charge in [0.1, 0.15) is 18.6 Å². The number of hydrogen-bond acceptors (Lipinski definition) is 3. The highest BCUT2D eigenvalue weighted by Gasteiger charge is 2.09. The molecular formula is C25H31Cl2NO2. The Labute approximate surface area is 191 Å². The van der Waals surface area contributed by atoms with Crippen LogP contribution in [0.2, 0.25) is 10.0 Å². The summed E-state index contributed by atoms with van der Waals surface area (Å²) in [5, 5.41) is 8.77. The number of nitriles is 1. The minimum atomic E-state index is 0.271. The molecule has 0 aliphatic heterocycles. The lowest BCUT2D eigenvalue weighted by molar-refractivity contribution is -0.103. The maximum Gasteiger partial charge on any atom is 0.150 e. The van der Waals surface area contributed by atoms with Crippen molar-refractivity contribution in [2.75, 3.05) is 0 Å². The van der Waals surface area contributed by atoms with Crippen LogP contribution in [0.1, 0.15) is 57.7 Å². The molecule has 0 radical (unpaired) electrons. The minimum absolute atomic E-state index is 0.271. The van der Waals surface area contributed by atoms with Crippen LogP contribution < -0.4 is 4.74 Å². The van der Waals surface area contributed by atoms with Crippen LogP contribution in [0.3, 0.4) is 0 Å². The number of allylic oxidation sites excluding steroid dienone is 2. The van der Waals surface area contributed by atoms with Gasteiger partial charge in [-0.25, -0.2) is 0 Å². The quantitative estimate of drug-likeness (QED) is 0.343. The third-order valence-corrected chi connectivity index (χ3v) is 4.27. The number of ether oxygens (including phenoxy) is 1. The predicted octanol–water partition coefficient (Wildman–Crippen LogP) is 8.07. The fourth-order valence-corrected chi connectivity index (χ4v) is 2.62. The smallest absolute Gasteiger partial charge is 0.150 e. The van der Waals surface area contributed by atoms with Gasteiger partial charge in [0, 0.05) is 27.6 Å². The maximum atomic E-state index is 11.1. The van der Waals surface area contributed by atoms with Gasteiger partial charge in [0.05, 0.1) is 6.07 Å². The molecule has 2 aromatic carbocycles. The molecule has 5 heteroatoms. The topological polar surface area (TPSA) is 50.1 Å². The van der Waals surface area contributed by atoms with E-state index in [4.69, 9.17) is 33.2 Å². The van der Waals surface area contributed by atoms with Crippen molar-refractivity contribution in [1.82, 2.24) is 0 Å². The summed E-state index contributed by atoms with van der Waals surface area (Å²) in [5.41, 5.74) is 3.26. The van der Waals surface area contributed by atoms with Crippen LogP contribution in [-0.2, 0) is 11.4 Å². The summed E-state index contributed by atoms with van der Waals surface area (Å²) < 4.78 is 5.78. The van der Waals surface area contributed by atoms with E-state index < -0.39 is 0 Å². The number of hydrogen-bond donors (Lipinski definition) is 0. The molecule has 0 aliphatic rings. The Morgan fingerprint density at radius 1 is 1.17 bits per heavy atom. The van der Waals surface area contributed by atoms with Crippen molar-refractivity contribution in [3.63, 3.8) is 0 Å². The first-order valence-electron chi connectivity index (χ1n) is 9.86. The van der Waals surface area contributed by atoms with Crippen LogP contribution in [0, 0.1) is 24.2 Å². The first-order valence-corrected chi connectivity index (χ1v) is 10.6. The highest BCUT2D eigenvalue weighted by molar-refractivity contribution is 6.35. The molecule has 3 nitrogen and oxygen atoms in total. The summed E-state index contributed by atoms with van der Waals surface area (Å²) in [6.45, 7) is 12.4. The van der Waals surface area contributed by atoms with Gasteiger partial charge < -0.3 is 4.74 Å². The molecule has 0 saturated carbocycles. The molecule has 0 unspecified atom stereocenters. The summed E-state index contributed by atoms with van der Waals surface area (Å²) >= 11 is 12.3. The summed E-state index contributed by atoms with van der Waals surface area (Å²) in [4.78, 5) is 11.1. The third-order valence-electron chi connectivity index (χ3n) is 3.56. The van der Waals surface area contributed by atoms with Crippen LogP contribution in [0.4, 0.5) is 0 Å². The molecule has 30 heavy (non-hydrogen) atoms. The van der Waals surface area contributed by atoms with Gasteiger partial charge in [-0.3, -0.25) is 4.79 Å². The Bertz CT molecular complexity index is 845. The van der Waals surface area contributed by atoms with Gasteiger partial charge in [0.2, 0.25) is 0 Å². The number of aldehydes is 1. The van der Waals surface area contributed by atoms with Crippen LogP contribution >= 0.6 is 23.2 Å². The molecule has 0 bridgehead atoms. The minimum Gasteiger partial charge on any atom is -0.489 e. The van der Waals surface area contributed by atoms with Crippen LogP contribution in [-0.4, -0.2) is 6.29 Å². The van der Waals surface area contributed by atoms with Crippen LogP contribution in [0.5, 0.6) is 5.75 Å². The normalized spacial score (nSPS) is 10.2. The molecule has 0 atom stereocenters. The summed E-state index contributed by atoms with van der Waals surface area (Å²) in [7, 11) is 0. The fraction of sp³-hybridized carbons (Fsp3) is 0.360. The maximum absolute atomic E-state index is 11.1. The SMILES string of the molecule is C/C=C(/C=O)c1cc(OCc2c(Cl)cccc2Cl)ccc1C.CC(C)C.CCC#N. The molecule has 0 heterocycles. The van der Waals surface area contributed by atoms with E-state index in [0.29, 0.717) is 27.8 Å². The van der Waals surface area contributed by atoms with E-state index in [1.165, 1.54) is 0 Å². The van der Waals surface area contributed by atoms with Crippen molar-refractivity contribution in [2.24, 2.45) is 5.92 Å². The Balaban J connectivity index is 0.000000901. The molecule has 2 rings (SSSR count). The van der Waals surface area contributed by atoms with Gasteiger partial charge in [-0.05, 0) is 55.2 Å². The Morgan fingerprint density at radius 3 is 2.13 bits per heavy atom. The van der Waals surface area contributed by atoms with Crippen LogP contribution in [0.15, 0.2) is 42.5 Å². The van der Waals surface area contributed by atoms with Crippen molar-refractivity contribution in [3.05, 3.63) is 69.2 Å². The zero-order chi connectivity index (χ0) is 23.1. The monoisotopic (exact) mass is 447 g/mol. The van der Waals surface area contributed by atoms with Crippen molar-refractivity contribution < 1.29 is 9.53 Å². The Hall–Kier alpha value is -2.28. The first kappa shape index (κ1) is 27.7. The molecule has 2 aromatic rings. The molecule has 0 spiro atoms. The highest BCUT2D eigenvalue weighted by Crippen LogP contribution is 2.27. The van der Waals surface area contributed by atoms with E-state index in [2.05, 4.69) is 20.8 Å². The van der Waals surface area contributed by atoms with Gasteiger partial charge in [-0.2, -0.15) is 5.26 Å². The molecule has 0 saturated heterocycles. The molecule has 0 aromatic heterocycles. The molecular weight excluding hydrogens is 417 g/mol. The summed E-state index contributed by atoms with van der Waals surface area (Å²) in [5.74, 6) is 1.50. The number of rotatable bonds is 5. The van der Waals surface area contributed by atoms with E-state index in [9.17, 15) is 4.79 Å². The van der Waals surface area contributed by atoms with Crippen molar-refractivity contribution in [3.8, 4) is 11.8 Å². The van der Waals surface area contributed by atoms with Gasteiger partial charge in [-0.15, -0.1) is 0 Å². The number of benzene rings is 2. The van der Waals surface area contributed by atoms with Gasteiger partial charge in [-0.1, -0.05) is 69.1 Å². The van der Waals surface area contributed by atoms with Crippen molar-refractivity contribution in [2.45, 2.75) is 54.6 Å². The van der Waals surface area contributed by atoms with Gasteiger partial charge in [0.25, 0.3) is 0 Å². The molecule has 0 N–H and O–H groups in total. The zero-order valence-electron chi connectivity index (χ0n) is 18.6. The average molecular weight is 448 g/mol. The van der Waals surface area contributed by atoms with E-state index in [1.54, 1.807) is 24.3 Å². The van der Waals surface area contributed by atoms with E-state index >= 15 is 0 Å². The highest BCUT2D eigenvalue weighted by atomic mass is 35.5. The van der Waals surface area contributed by atoms with E-state index in [0.717, 1.165) is 28.9 Å². The molecule has 162 valence electrons. The lowest BCUT2D eigenvalue weighted by atomic mass is 10.0. The van der Waals surface area contributed by atoms with Crippen molar-refractivity contribution >= 4 is 35.1 Å². The lowest BCUT2D eigenvalue weighted by Gasteiger charge is -2.12. The number of halogens is 2. The second-order valence-electron chi connectivity index (χ2n) is 7.07. The zero-order valence-corrected chi connectivity index (χ0v) is 20.1. The number of nitrogens with zero attached hydrogens (tertiary/aromatic N) is 1. The average Bonchev–Trinajstić information content (AvgIpc) is 2.70. The number of carbonyl (C=O) groups is 1. The molecule has 0 amide bonds. The third kappa shape index (κ3) is 10.5. The second-order valence-corrected chi connectivity index (χ2v) is 7.89. The fourth-order valence-electron chi connectivity index (χ4n) is 2.11. The van der Waals surface area contributed by atoms with E-state index in [-0.39, 0.29) is 6.61 Å². The molecule has 0 fully saturated rings. The summed E-state index contributed by atoms with van der Waals surface area (Å²) in [6, 6.07) is 12.9. The first-order chi connectivity index (χ1) is 14.2. The number of carbonyl (C=O) groups excluding carboxylic acids is 1. The second kappa shape index (κ2) is 15.5. The van der Waals surface area contributed by atoms with Gasteiger partial charge >= 0.3 is 0 Å². The summed E-state index contributed by atoms with van der Waals surface area (Å²) in [6.07, 6.45) is 3.25. The largest absolute Gasteiger partial charge is 0.489 e. The van der Waals surface area contributed by atoms with Gasteiger partial charge in [0.15, 0.2) is 0 Å². The Morgan fingerprint density at radius 2 is 1.70 bits per heavy atom. The predicted molar refractivity (Wildman–Crippen MR) is 128 cm³/mol. The Kier molecular flexibility index (Phi) is 14.4. The number of aryl methyl sites for hydroxylation is 1. The van der Waals surface area contributed by atoms with E-state index in [1.807, 2.05) is 45.0 Å².